The van der Waals surface area contributed by atoms with Gasteiger partial charge in [-0.05, 0) is 20.8 Å². The topological polar surface area (TPSA) is 511 Å². The van der Waals surface area contributed by atoms with E-state index in [1.807, 2.05) is 4.90 Å². The molecule has 32 nitrogen and oxygen atoms in total. The van der Waals surface area contributed by atoms with Gasteiger partial charge in [0.2, 0.25) is 34.7 Å². The number of nitrogens with zero attached hydrogens (tertiary/aromatic N) is 3. The van der Waals surface area contributed by atoms with Crippen molar-refractivity contribution in [3.05, 3.63) is 67.7 Å². The van der Waals surface area contributed by atoms with Gasteiger partial charge in [0.05, 0.1) is 71.0 Å². The number of primary amides is 3. The van der Waals surface area contributed by atoms with E-state index in [1.165, 1.54) is 42.1 Å². The fourth-order valence-corrected chi connectivity index (χ4v) is 14.5. The molecule has 0 saturated carbocycles. The van der Waals surface area contributed by atoms with Crippen LogP contribution in [0.25, 0.3) is 0 Å². The summed E-state index contributed by atoms with van der Waals surface area (Å²) in [6.07, 6.45) is -9.10. The average molecular weight is 1170 g/mol. The third kappa shape index (κ3) is 7.94. The van der Waals surface area contributed by atoms with Crippen LogP contribution < -0.4 is 44.2 Å². The maximum atomic E-state index is 13.8. The van der Waals surface area contributed by atoms with Crippen LogP contribution >= 0.6 is 0 Å². The first-order valence-corrected chi connectivity index (χ1v) is 26.4. The van der Waals surface area contributed by atoms with Crippen LogP contribution in [0.2, 0.25) is 0 Å². The molecular formula is C51H63N11O21. The van der Waals surface area contributed by atoms with Gasteiger partial charge < -0.3 is 118 Å². The van der Waals surface area contributed by atoms with E-state index in [4.69, 9.17) is 56.1 Å². The summed E-state index contributed by atoms with van der Waals surface area (Å²) in [5, 5.41) is 63.3. The highest BCUT2D eigenvalue weighted by Crippen LogP contribution is 2.59. The Kier molecular flexibility index (Phi) is 13.8. The number of hydrogen-bond acceptors (Lipinski definition) is 29. The Hall–Kier alpha value is -7.37. The standard InChI is InChI=1S/C21H28N4O10.C15H18N4O5.C15H17N3O6/c1-6-11(24-12-17(30)15(28)9(4-26)35-19(12)31)16(29)10-7(5-34-20(22)32)21(33-2)18-8(23-18)3-25(21)13(10)14(6)27;1-5-9(16)12(21)8-6(4-24-14(17)22)15(23-2)13-7(18-13)3-19(15)10(8)11(5)20;1-5-10(19)9-8(12(21)11(5)20)6(4-24-14(16)22)15(23-2)13-7(17-13)3-18(9)15/h7-9,12,15,17-19,23-24,26,28,30-31H,3-5H2,1-2H3,(H2,22,32);6-7,13,18H,3-4,16H2,1-2H3,(H2,17,22);6-7,13,17,19H,3-4H2,1-2H3,(H2,16,22)/t7?,8-,9+,12+,15+,17+,18-,19?,21+;2*6?,7-,13-,15+/m000/s1. The molecule has 4 unspecified atom stereocenters. The number of carbonyl (C=O) groups excluding carboxylic acids is 9. The molecule has 32 heteroatoms. The first kappa shape index (κ1) is 57.4. The predicted octanol–water partition coefficient (Wildman–Crippen LogP) is -6.92. The molecule has 0 aromatic carbocycles. The number of rotatable bonds is 12. The molecule has 83 heavy (non-hydrogen) atoms. The van der Waals surface area contributed by atoms with Gasteiger partial charge >= 0.3 is 18.3 Å². The molecule has 0 bridgehead atoms. The van der Waals surface area contributed by atoms with E-state index in [0.717, 1.165) is 0 Å². The van der Waals surface area contributed by atoms with Crippen LogP contribution in [0, 0.1) is 17.8 Å². The number of aliphatic hydroxyl groups is 5. The monoisotopic (exact) mass is 1170 g/mol. The number of hydrogen-bond donors (Lipinski definition) is 13. The Balaban J connectivity index is 0.000000134. The predicted molar refractivity (Wildman–Crippen MR) is 271 cm³/mol. The summed E-state index contributed by atoms with van der Waals surface area (Å²) < 4.78 is 37.6. The lowest BCUT2D eigenvalue weighted by molar-refractivity contribution is -0.253. The van der Waals surface area contributed by atoms with Crippen LogP contribution in [0.15, 0.2) is 67.7 Å². The minimum absolute atomic E-state index is 0.00811. The van der Waals surface area contributed by atoms with E-state index < -0.39 is 119 Å². The van der Waals surface area contributed by atoms with E-state index in [9.17, 15) is 68.7 Å². The molecule has 13 rings (SSSR count). The number of allylic oxidation sites excluding steroid dienone is 5. The summed E-state index contributed by atoms with van der Waals surface area (Å²) in [4.78, 5) is 117. The number of ketones is 6. The van der Waals surface area contributed by atoms with E-state index in [2.05, 4.69) is 21.3 Å². The summed E-state index contributed by atoms with van der Waals surface area (Å²) in [7, 11) is 4.46. The number of aliphatic hydroxyl groups excluding tert-OH is 5. The van der Waals surface area contributed by atoms with Crippen LogP contribution in [0.5, 0.6) is 0 Å². The van der Waals surface area contributed by atoms with Crippen molar-refractivity contribution in [3.63, 3.8) is 0 Å². The van der Waals surface area contributed by atoms with Crippen LogP contribution in [-0.2, 0) is 61.9 Å². The molecule has 3 amide bonds. The van der Waals surface area contributed by atoms with Crippen molar-refractivity contribution in [3.8, 4) is 0 Å². The van der Waals surface area contributed by atoms with Gasteiger partial charge in [-0.2, -0.15) is 0 Å². The van der Waals surface area contributed by atoms with E-state index in [-0.39, 0.29) is 118 Å². The molecule has 10 heterocycles. The summed E-state index contributed by atoms with van der Waals surface area (Å²) in [5.74, 6) is -5.70. The number of nitrogens with two attached hydrogens (primary N) is 4. The zero-order valence-corrected chi connectivity index (χ0v) is 45.5. The lowest BCUT2D eigenvalue weighted by Gasteiger charge is -2.41. The van der Waals surface area contributed by atoms with Crippen LogP contribution in [-0.4, -0.2) is 245 Å². The third-order valence-electron chi connectivity index (χ3n) is 18.5. The second kappa shape index (κ2) is 19.9. The summed E-state index contributed by atoms with van der Waals surface area (Å²) in [5.41, 5.74) is 19.2. The van der Waals surface area contributed by atoms with Gasteiger partial charge in [-0.15, -0.1) is 0 Å². The van der Waals surface area contributed by atoms with Gasteiger partial charge in [-0.3, -0.25) is 28.8 Å². The third-order valence-corrected chi connectivity index (χ3v) is 18.5. The average Bonchev–Trinajstić information content (AvgIpc) is 1.55. The molecule has 13 aliphatic rings. The van der Waals surface area contributed by atoms with Gasteiger partial charge in [-0.25, -0.2) is 14.4 Å². The molecular weight excluding hydrogens is 1100 g/mol. The molecule has 17 atom stereocenters. The smallest absolute Gasteiger partial charge is 0.404 e. The Morgan fingerprint density at radius 1 is 0.590 bits per heavy atom. The highest BCUT2D eigenvalue weighted by atomic mass is 16.6. The Bertz CT molecular complexity index is 3210. The van der Waals surface area contributed by atoms with Crippen LogP contribution in [0.1, 0.15) is 20.8 Å². The lowest BCUT2D eigenvalue weighted by atomic mass is 9.82. The second-order valence-corrected chi connectivity index (χ2v) is 22.2. The molecule has 7 saturated heterocycles. The number of piperazine rings is 3. The molecule has 0 radical (unpaired) electrons. The van der Waals surface area contributed by atoms with Crippen molar-refractivity contribution in [1.29, 1.82) is 0 Å². The van der Waals surface area contributed by atoms with Crippen molar-refractivity contribution in [1.82, 2.24) is 36.0 Å². The van der Waals surface area contributed by atoms with Crippen molar-refractivity contribution in [2.45, 2.75) is 105 Å². The molecule has 0 aromatic heterocycles. The number of fused-ring (bicyclic) bond motifs is 12. The quantitative estimate of drug-likeness (QED) is 0.0284. The highest BCUT2D eigenvalue weighted by Gasteiger charge is 2.75. The molecule has 448 valence electrons. The largest absolute Gasteiger partial charge is 0.505 e. The van der Waals surface area contributed by atoms with Gasteiger partial charge in [0, 0.05) is 92.5 Å². The molecule has 7 fully saturated rings. The SMILES string of the molecule is CO[C@@]12C(COC(N)=O)C3=C(C(=O)C(C)=C(N)C3=O)N1C[C@@H]1N[C@@H]12.CO[C@@]12C(COC(N)=O)C3=C(C(=O)C(C)=C(N[C@H]4C(O)O[C@H](CO)[C@@H](O)[C@@H]4O)C3=O)N1C[C@@H]1N[C@@H]12.CO[C@@]12C(COC(N)=O)C3=C(C(O)=C(C)C(=O)C3=O)N1C[C@@H]1N[C@@H]12. The minimum Gasteiger partial charge on any atom is -0.505 e. The highest BCUT2D eigenvalue weighted by molar-refractivity contribution is 6.50. The van der Waals surface area contributed by atoms with Crippen molar-refractivity contribution >= 4 is 53.0 Å². The van der Waals surface area contributed by atoms with Crippen LogP contribution in [0.3, 0.4) is 0 Å². The Morgan fingerprint density at radius 3 is 1.40 bits per heavy atom. The molecule has 0 aromatic rings. The Morgan fingerprint density at radius 2 is 0.988 bits per heavy atom. The number of carbonyl (C=O) groups is 9. The van der Waals surface area contributed by atoms with Gasteiger partial charge in [0.1, 0.15) is 49.9 Å². The number of ether oxygens (including phenoxy) is 7. The fraction of sp³-hybridized carbons (Fsp3) is 0.588. The molecule has 0 spiro atoms. The normalized spacial score (nSPS) is 39.0. The van der Waals surface area contributed by atoms with Crippen molar-refractivity contribution < 1.29 is 102 Å². The van der Waals surface area contributed by atoms with Crippen molar-refractivity contribution in [2.75, 3.05) is 67.4 Å². The second-order valence-electron chi connectivity index (χ2n) is 22.2. The summed E-state index contributed by atoms with van der Waals surface area (Å²) in [6, 6.07) is -1.39. The zero-order valence-electron chi connectivity index (χ0n) is 45.5. The molecule has 17 N–H and O–H groups in total. The maximum Gasteiger partial charge on any atom is 0.404 e. The van der Waals surface area contributed by atoms with Crippen LogP contribution in [0.4, 0.5) is 14.4 Å². The number of nitrogens with one attached hydrogen (secondary N) is 4. The van der Waals surface area contributed by atoms with Crippen molar-refractivity contribution in [2.24, 2.45) is 40.7 Å². The molecule has 3 aliphatic carbocycles. The minimum atomic E-state index is -1.70. The van der Waals surface area contributed by atoms with E-state index in [0.29, 0.717) is 31.0 Å². The fourth-order valence-electron chi connectivity index (χ4n) is 14.5. The summed E-state index contributed by atoms with van der Waals surface area (Å²) in [6.45, 7) is 4.50. The summed E-state index contributed by atoms with van der Waals surface area (Å²) >= 11 is 0. The lowest BCUT2D eigenvalue weighted by Crippen LogP contribution is -2.63. The maximum absolute atomic E-state index is 13.8. The number of amides is 3. The van der Waals surface area contributed by atoms with E-state index in [1.54, 1.807) is 9.80 Å². The molecule has 10 aliphatic heterocycles. The number of methoxy groups -OCH3 is 3. The zero-order chi connectivity index (χ0) is 60.2. The number of Topliss-reactive ketones (excluding diaryl/α,β-unsaturated/α-hetero) is 6. The van der Waals surface area contributed by atoms with E-state index >= 15 is 0 Å². The first-order chi connectivity index (χ1) is 39.3. The van der Waals surface area contributed by atoms with Gasteiger partial charge in [0.15, 0.2) is 23.5 Å². The first-order valence-electron chi connectivity index (χ1n) is 26.4. The van der Waals surface area contributed by atoms with Gasteiger partial charge in [0.25, 0.3) is 0 Å². The van der Waals surface area contributed by atoms with Gasteiger partial charge in [-0.1, -0.05) is 0 Å². The Labute approximate surface area is 470 Å².